The first-order valence-corrected chi connectivity index (χ1v) is 9.16. The Morgan fingerprint density at radius 1 is 1.15 bits per heavy atom. The molecule has 0 aromatic heterocycles. The zero-order valence-corrected chi connectivity index (χ0v) is 16.3. The molecule has 0 saturated carbocycles. The second kappa shape index (κ2) is 8.92. The highest BCUT2D eigenvalue weighted by Gasteiger charge is 2.40. The number of rotatable bonds is 8. The van der Waals surface area contributed by atoms with Crippen LogP contribution in [-0.2, 0) is 9.53 Å². The molecule has 26 heavy (non-hydrogen) atoms. The van der Waals surface area contributed by atoms with Gasteiger partial charge in [-0.1, -0.05) is 20.3 Å². The lowest BCUT2D eigenvalue weighted by atomic mass is 9.87. The molecule has 0 bridgehead atoms. The number of benzene rings is 1. The highest BCUT2D eigenvalue weighted by Crippen LogP contribution is 2.38. The predicted molar refractivity (Wildman–Crippen MR) is 98.9 cm³/mol. The zero-order valence-electron chi connectivity index (χ0n) is 16.3. The van der Waals surface area contributed by atoms with E-state index in [0.717, 1.165) is 24.8 Å². The zero-order chi connectivity index (χ0) is 19.3. The van der Waals surface area contributed by atoms with Crippen LogP contribution in [0.15, 0.2) is 12.1 Å². The summed E-state index contributed by atoms with van der Waals surface area (Å²) in [6, 6.07) is 3.14. The molecule has 1 aromatic rings. The second-order valence-corrected chi connectivity index (χ2v) is 6.51. The number of carbonyl (C=O) groups is 2. The normalized spacial score (nSPS) is 17.3. The molecule has 1 aliphatic rings. The van der Waals surface area contributed by atoms with Crippen LogP contribution in [0.2, 0.25) is 0 Å². The fourth-order valence-electron chi connectivity index (χ4n) is 3.51. The number of ether oxygens (including phenoxy) is 3. The Labute approximate surface area is 155 Å². The highest BCUT2D eigenvalue weighted by atomic mass is 16.5. The van der Waals surface area contributed by atoms with Crippen LogP contribution < -0.4 is 9.47 Å². The standard InChI is InChI=1S/C20H29NO5/c1-6-8-13(7-2)14-11-17(24-3)18(25-4)12-15(14)19(22)21-10-9-16(21)20(23)26-5/h11-13,16H,6-10H2,1-5H3/t13?,16-/m1/s1. The molecule has 1 heterocycles. The summed E-state index contributed by atoms with van der Waals surface area (Å²) in [5.74, 6) is 0.851. The molecule has 2 rings (SSSR count). The highest BCUT2D eigenvalue weighted by molar-refractivity contribution is 5.99. The van der Waals surface area contributed by atoms with Crippen LogP contribution in [0.3, 0.4) is 0 Å². The van der Waals surface area contributed by atoms with Gasteiger partial charge in [0.15, 0.2) is 11.5 Å². The van der Waals surface area contributed by atoms with Crippen molar-refractivity contribution >= 4 is 11.9 Å². The third kappa shape index (κ3) is 3.79. The quantitative estimate of drug-likeness (QED) is 0.663. The minimum atomic E-state index is -0.500. The van der Waals surface area contributed by atoms with Crippen molar-refractivity contribution in [1.82, 2.24) is 4.90 Å². The summed E-state index contributed by atoms with van der Waals surface area (Å²) < 4.78 is 15.6. The topological polar surface area (TPSA) is 65.1 Å². The maximum Gasteiger partial charge on any atom is 0.328 e. The molecule has 0 spiro atoms. The predicted octanol–water partition coefficient (Wildman–Crippen LogP) is 3.39. The number of likely N-dealkylation sites (tertiary alicyclic amines) is 1. The van der Waals surface area contributed by atoms with Crippen molar-refractivity contribution in [3.05, 3.63) is 23.3 Å². The summed E-state index contributed by atoms with van der Waals surface area (Å²) in [5, 5.41) is 0. The van der Waals surface area contributed by atoms with Gasteiger partial charge in [-0.05, 0) is 42.9 Å². The van der Waals surface area contributed by atoms with Crippen LogP contribution in [0.5, 0.6) is 11.5 Å². The monoisotopic (exact) mass is 363 g/mol. The van der Waals surface area contributed by atoms with Crippen molar-refractivity contribution in [2.75, 3.05) is 27.9 Å². The van der Waals surface area contributed by atoms with Gasteiger partial charge in [0.1, 0.15) is 6.04 Å². The van der Waals surface area contributed by atoms with Crippen molar-refractivity contribution in [2.24, 2.45) is 0 Å². The number of amides is 1. The molecule has 0 aliphatic carbocycles. The molecule has 0 N–H and O–H groups in total. The van der Waals surface area contributed by atoms with Crippen LogP contribution >= 0.6 is 0 Å². The van der Waals surface area contributed by atoms with Crippen molar-refractivity contribution < 1.29 is 23.8 Å². The summed E-state index contributed by atoms with van der Waals surface area (Å²) in [4.78, 5) is 26.7. The van der Waals surface area contributed by atoms with E-state index in [1.165, 1.54) is 7.11 Å². The van der Waals surface area contributed by atoms with E-state index in [-0.39, 0.29) is 17.8 Å². The summed E-state index contributed by atoms with van der Waals surface area (Å²) >= 11 is 0. The molecule has 6 heteroatoms. The van der Waals surface area contributed by atoms with Crippen molar-refractivity contribution in [2.45, 2.75) is 51.5 Å². The van der Waals surface area contributed by atoms with Gasteiger partial charge in [0.25, 0.3) is 5.91 Å². The molecule has 1 unspecified atom stereocenters. The van der Waals surface area contributed by atoms with Crippen LogP contribution in [0.1, 0.15) is 61.4 Å². The van der Waals surface area contributed by atoms with E-state index in [0.29, 0.717) is 30.0 Å². The fourth-order valence-corrected chi connectivity index (χ4v) is 3.51. The minimum Gasteiger partial charge on any atom is -0.493 e. The van der Waals surface area contributed by atoms with Gasteiger partial charge in [0, 0.05) is 12.1 Å². The Bertz CT molecular complexity index is 658. The number of hydrogen-bond donors (Lipinski definition) is 0. The third-order valence-electron chi connectivity index (χ3n) is 5.11. The summed E-state index contributed by atoms with van der Waals surface area (Å²) in [5.41, 5.74) is 1.53. The Balaban J connectivity index is 2.47. The molecule has 1 aromatic carbocycles. The number of nitrogens with zero attached hydrogens (tertiary/aromatic N) is 1. The molecule has 1 amide bonds. The van der Waals surface area contributed by atoms with Gasteiger partial charge in [0.05, 0.1) is 21.3 Å². The average molecular weight is 363 g/mol. The molecule has 1 saturated heterocycles. The van der Waals surface area contributed by atoms with Gasteiger partial charge in [-0.15, -0.1) is 0 Å². The Kier molecular flexibility index (Phi) is 6.89. The smallest absolute Gasteiger partial charge is 0.328 e. The van der Waals surface area contributed by atoms with E-state index in [2.05, 4.69) is 13.8 Å². The molecule has 6 nitrogen and oxygen atoms in total. The summed E-state index contributed by atoms with van der Waals surface area (Å²) in [6.07, 6.45) is 3.55. The van der Waals surface area contributed by atoms with Crippen LogP contribution in [0, 0.1) is 0 Å². The molecule has 2 atom stereocenters. The fraction of sp³-hybridized carbons (Fsp3) is 0.600. The first-order valence-electron chi connectivity index (χ1n) is 9.16. The second-order valence-electron chi connectivity index (χ2n) is 6.51. The van der Waals surface area contributed by atoms with E-state index in [1.54, 1.807) is 25.2 Å². The first-order chi connectivity index (χ1) is 12.5. The maximum absolute atomic E-state index is 13.2. The molecule has 1 fully saturated rings. The Morgan fingerprint density at radius 3 is 2.27 bits per heavy atom. The van der Waals surface area contributed by atoms with Gasteiger partial charge in [0.2, 0.25) is 0 Å². The lowest BCUT2D eigenvalue weighted by Crippen LogP contribution is -2.55. The SMILES string of the molecule is CCCC(CC)c1cc(OC)c(OC)cc1C(=O)N1CC[C@@H]1C(=O)OC. The van der Waals surface area contributed by atoms with Crippen LogP contribution in [-0.4, -0.2) is 50.7 Å². The molecular weight excluding hydrogens is 334 g/mol. The van der Waals surface area contributed by atoms with Gasteiger partial charge in [-0.2, -0.15) is 0 Å². The van der Waals surface area contributed by atoms with Crippen LogP contribution in [0.4, 0.5) is 0 Å². The number of hydrogen-bond acceptors (Lipinski definition) is 5. The molecule has 1 aliphatic heterocycles. The van der Waals surface area contributed by atoms with Gasteiger partial charge in [-0.25, -0.2) is 4.79 Å². The van der Waals surface area contributed by atoms with Gasteiger partial charge < -0.3 is 19.1 Å². The average Bonchev–Trinajstić information content (AvgIpc) is 2.63. The molecular formula is C20H29NO5. The van der Waals surface area contributed by atoms with E-state index >= 15 is 0 Å². The molecule has 144 valence electrons. The van der Waals surface area contributed by atoms with Crippen LogP contribution in [0.25, 0.3) is 0 Å². The summed E-state index contributed by atoms with van der Waals surface area (Å²) in [6.45, 7) is 4.80. The number of esters is 1. The van der Waals surface area contributed by atoms with E-state index in [4.69, 9.17) is 14.2 Å². The third-order valence-corrected chi connectivity index (χ3v) is 5.11. The van der Waals surface area contributed by atoms with Crippen molar-refractivity contribution in [1.29, 1.82) is 0 Å². The van der Waals surface area contributed by atoms with E-state index < -0.39 is 6.04 Å². The van der Waals surface area contributed by atoms with Gasteiger partial charge >= 0.3 is 5.97 Å². The largest absolute Gasteiger partial charge is 0.493 e. The summed E-state index contributed by atoms with van der Waals surface area (Å²) in [7, 11) is 4.49. The Morgan fingerprint density at radius 2 is 1.81 bits per heavy atom. The molecule has 0 radical (unpaired) electrons. The number of methoxy groups -OCH3 is 3. The minimum absolute atomic E-state index is 0.155. The van der Waals surface area contributed by atoms with Crippen molar-refractivity contribution in [3.8, 4) is 11.5 Å². The lowest BCUT2D eigenvalue weighted by molar-refractivity contribution is -0.149. The maximum atomic E-state index is 13.2. The van der Waals surface area contributed by atoms with Crippen molar-refractivity contribution in [3.63, 3.8) is 0 Å². The van der Waals surface area contributed by atoms with E-state index in [1.807, 2.05) is 6.07 Å². The number of carbonyl (C=O) groups excluding carboxylic acids is 2. The Hall–Kier alpha value is -2.24. The van der Waals surface area contributed by atoms with E-state index in [9.17, 15) is 9.59 Å². The first kappa shape index (κ1) is 20.1. The lowest BCUT2D eigenvalue weighted by Gasteiger charge is -2.39. The van der Waals surface area contributed by atoms with Gasteiger partial charge in [-0.3, -0.25) is 4.79 Å².